The molecule has 5 nitrogen and oxygen atoms in total. The second-order valence-electron chi connectivity index (χ2n) is 6.45. The van der Waals surface area contributed by atoms with Gasteiger partial charge in [0.15, 0.2) is 0 Å². The van der Waals surface area contributed by atoms with Crippen molar-refractivity contribution in [2.24, 2.45) is 0 Å². The van der Waals surface area contributed by atoms with E-state index < -0.39 is 0 Å². The van der Waals surface area contributed by atoms with E-state index in [4.69, 9.17) is 14.6 Å². The Morgan fingerprint density at radius 1 is 1.31 bits per heavy atom. The fraction of sp³-hybridized carbons (Fsp3) is 0.381. The molecule has 2 aromatic rings. The van der Waals surface area contributed by atoms with Gasteiger partial charge in [0.1, 0.15) is 18.5 Å². The number of aliphatic hydroxyl groups excluding tert-OH is 1. The van der Waals surface area contributed by atoms with Crippen LogP contribution < -0.4 is 9.47 Å². The van der Waals surface area contributed by atoms with Gasteiger partial charge >= 0.3 is 0 Å². The highest BCUT2D eigenvalue weighted by atomic mass is 16.5. The van der Waals surface area contributed by atoms with Crippen molar-refractivity contribution in [2.45, 2.75) is 32.5 Å². The summed E-state index contributed by atoms with van der Waals surface area (Å²) in [6.45, 7) is 8.44. The lowest BCUT2D eigenvalue weighted by molar-refractivity contribution is 0.195. The van der Waals surface area contributed by atoms with Crippen molar-refractivity contribution in [1.82, 2.24) is 9.88 Å². The SMILES string of the molecule is C=C(COc1ccc(CO)cc1)N1CCC(Oc2ncccc2CC)C1. The minimum Gasteiger partial charge on any atom is -0.487 e. The molecule has 0 amide bonds. The van der Waals surface area contributed by atoms with Crippen molar-refractivity contribution in [3.63, 3.8) is 0 Å². The summed E-state index contributed by atoms with van der Waals surface area (Å²) >= 11 is 0. The Morgan fingerprint density at radius 2 is 2.12 bits per heavy atom. The number of ether oxygens (including phenoxy) is 2. The van der Waals surface area contributed by atoms with Crippen LogP contribution in [0.5, 0.6) is 11.6 Å². The monoisotopic (exact) mass is 354 g/mol. The maximum absolute atomic E-state index is 9.08. The van der Waals surface area contributed by atoms with Gasteiger partial charge in [0.2, 0.25) is 5.88 Å². The van der Waals surface area contributed by atoms with Crippen LogP contribution in [-0.2, 0) is 13.0 Å². The van der Waals surface area contributed by atoms with Gasteiger partial charge in [-0.05, 0) is 30.2 Å². The molecule has 138 valence electrons. The van der Waals surface area contributed by atoms with E-state index in [0.717, 1.165) is 54.4 Å². The predicted octanol–water partition coefficient (Wildman–Crippen LogP) is 3.18. The van der Waals surface area contributed by atoms with Crippen LogP contribution in [0.2, 0.25) is 0 Å². The lowest BCUT2D eigenvalue weighted by Crippen LogP contribution is -2.27. The number of rotatable bonds is 8. The lowest BCUT2D eigenvalue weighted by atomic mass is 10.2. The van der Waals surface area contributed by atoms with E-state index in [1.54, 1.807) is 6.20 Å². The first-order valence-corrected chi connectivity index (χ1v) is 9.05. The summed E-state index contributed by atoms with van der Waals surface area (Å²) in [5.74, 6) is 1.52. The molecule has 5 heteroatoms. The van der Waals surface area contributed by atoms with Gasteiger partial charge in [-0.15, -0.1) is 0 Å². The number of aryl methyl sites for hydroxylation is 1. The van der Waals surface area contributed by atoms with Crippen LogP contribution in [-0.4, -0.2) is 40.8 Å². The van der Waals surface area contributed by atoms with Crippen LogP contribution in [0.25, 0.3) is 0 Å². The second kappa shape index (κ2) is 8.72. The van der Waals surface area contributed by atoms with Gasteiger partial charge in [-0.25, -0.2) is 4.98 Å². The topological polar surface area (TPSA) is 54.8 Å². The van der Waals surface area contributed by atoms with Gasteiger partial charge in [-0.3, -0.25) is 0 Å². The third-order valence-corrected chi connectivity index (χ3v) is 4.61. The number of aromatic nitrogens is 1. The van der Waals surface area contributed by atoms with E-state index in [2.05, 4.69) is 29.5 Å². The molecule has 1 unspecified atom stereocenters. The number of likely N-dealkylation sites (tertiary alicyclic amines) is 1. The number of pyridine rings is 1. The third-order valence-electron chi connectivity index (χ3n) is 4.61. The van der Waals surface area contributed by atoms with Crippen LogP contribution >= 0.6 is 0 Å². The molecule has 0 spiro atoms. The summed E-state index contributed by atoms with van der Waals surface area (Å²) in [6.07, 6.45) is 3.76. The van der Waals surface area contributed by atoms with E-state index in [1.807, 2.05) is 30.3 Å². The summed E-state index contributed by atoms with van der Waals surface area (Å²) in [5, 5.41) is 9.08. The lowest BCUT2D eigenvalue weighted by Gasteiger charge is -2.21. The number of benzene rings is 1. The first-order chi connectivity index (χ1) is 12.7. The Morgan fingerprint density at radius 3 is 2.85 bits per heavy atom. The molecule has 1 aliphatic rings. The van der Waals surface area contributed by atoms with Gasteiger partial charge in [0.25, 0.3) is 0 Å². The number of nitrogens with zero attached hydrogens (tertiary/aromatic N) is 2. The zero-order chi connectivity index (χ0) is 18.4. The fourth-order valence-corrected chi connectivity index (χ4v) is 3.02. The zero-order valence-electron chi connectivity index (χ0n) is 15.2. The molecule has 1 fully saturated rings. The molecule has 0 radical (unpaired) electrons. The Hall–Kier alpha value is -2.53. The maximum atomic E-state index is 9.08. The van der Waals surface area contributed by atoms with Crippen LogP contribution in [0.15, 0.2) is 54.9 Å². The Kier molecular flexibility index (Phi) is 6.12. The molecular formula is C21H26N2O3. The number of aliphatic hydroxyl groups is 1. The molecule has 0 bridgehead atoms. The fourth-order valence-electron chi connectivity index (χ4n) is 3.02. The molecule has 0 saturated carbocycles. The van der Waals surface area contributed by atoms with E-state index in [0.29, 0.717) is 6.61 Å². The Bertz CT molecular complexity index is 730. The van der Waals surface area contributed by atoms with Gasteiger partial charge in [-0.2, -0.15) is 0 Å². The smallest absolute Gasteiger partial charge is 0.216 e. The maximum Gasteiger partial charge on any atom is 0.216 e. The van der Waals surface area contributed by atoms with Crippen LogP contribution in [0.1, 0.15) is 24.5 Å². The minimum atomic E-state index is 0.0399. The van der Waals surface area contributed by atoms with Crippen molar-refractivity contribution in [1.29, 1.82) is 0 Å². The summed E-state index contributed by atoms with van der Waals surface area (Å²) in [4.78, 5) is 6.58. The standard InChI is InChI=1S/C21H26N2O3/c1-3-18-5-4-11-22-21(18)26-20-10-12-23(13-20)16(2)15-25-19-8-6-17(14-24)7-9-19/h4-9,11,20,24H,2-3,10,12-15H2,1H3. The highest BCUT2D eigenvalue weighted by molar-refractivity contribution is 5.27. The van der Waals surface area contributed by atoms with Crippen LogP contribution in [0.3, 0.4) is 0 Å². The van der Waals surface area contributed by atoms with Gasteiger partial charge in [-0.1, -0.05) is 31.7 Å². The first kappa shape index (κ1) is 18.3. The molecule has 26 heavy (non-hydrogen) atoms. The average Bonchev–Trinajstić information content (AvgIpc) is 3.15. The normalized spacial score (nSPS) is 16.5. The van der Waals surface area contributed by atoms with Crippen molar-refractivity contribution in [2.75, 3.05) is 19.7 Å². The molecule has 1 aromatic heterocycles. The van der Waals surface area contributed by atoms with E-state index in [9.17, 15) is 0 Å². The predicted molar refractivity (Wildman–Crippen MR) is 101 cm³/mol. The molecule has 3 rings (SSSR count). The van der Waals surface area contributed by atoms with Crippen molar-refractivity contribution < 1.29 is 14.6 Å². The quantitative estimate of drug-likeness (QED) is 0.789. The molecule has 1 aliphatic heterocycles. The molecular weight excluding hydrogens is 328 g/mol. The molecule has 1 saturated heterocycles. The minimum absolute atomic E-state index is 0.0399. The van der Waals surface area contributed by atoms with Gasteiger partial charge in [0, 0.05) is 30.4 Å². The first-order valence-electron chi connectivity index (χ1n) is 9.05. The summed E-state index contributed by atoms with van der Waals surface area (Å²) < 4.78 is 11.9. The number of hydrogen-bond acceptors (Lipinski definition) is 5. The highest BCUT2D eigenvalue weighted by Gasteiger charge is 2.26. The largest absolute Gasteiger partial charge is 0.487 e. The second-order valence-corrected chi connectivity index (χ2v) is 6.45. The molecule has 0 aliphatic carbocycles. The highest BCUT2D eigenvalue weighted by Crippen LogP contribution is 2.23. The molecule has 2 heterocycles. The zero-order valence-corrected chi connectivity index (χ0v) is 15.2. The molecule has 1 aromatic carbocycles. The average molecular weight is 354 g/mol. The van der Waals surface area contributed by atoms with Crippen molar-refractivity contribution >= 4 is 0 Å². The van der Waals surface area contributed by atoms with Crippen LogP contribution in [0.4, 0.5) is 0 Å². The van der Waals surface area contributed by atoms with E-state index >= 15 is 0 Å². The summed E-state index contributed by atoms with van der Waals surface area (Å²) in [5.41, 5.74) is 2.95. The van der Waals surface area contributed by atoms with Gasteiger partial charge in [0.05, 0.1) is 13.2 Å². The summed E-state index contributed by atoms with van der Waals surface area (Å²) in [6, 6.07) is 11.4. The van der Waals surface area contributed by atoms with Gasteiger partial charge < -0.3 is 19.5 Å². The van der Waals surface area contributed by atoms with Crippen molar-refractivity contribution in [3.8, 4) is 11.6 Å². The Balaban J connectivity index is 1.49. The molecule has 1 atom stereocenters. The van der Waals surface area contributed by atoms with E-state index in [-0.39, 0.29) is 12.7 Å². The Labute approximate surface area is 154 Å². The molecule has 1 N–H and O–H groups in total. The van der Waals surface area contributed by atoms with Crippen molar-refractivity contribution in [3.05, 3.63) is 66.0 Å². The van der Waals surface area contributed by atoms with Crippen LogP contribution in [0, 0.1) is 0 Å². The third kappa shape index (κ3) is 4.55. The van der Waals surface area contributed by atoms with E-state index in [1.165, 1.54) is 0 Å². The number of hydrogen-bond donors (Lipinski definition) is 1. The summed E-state index contributed by atoms with van der Waals surface area (Å²) in [7, 11) is 0.